The summed E-state index contributed by atoms with van der Waals surface area (Å²) in [4.78, 5) is 55.6. The summed E-state index contributed by atoms with van der Waals surface area (Å²) in [6.45, 7) is 9.87. The van der Waals surface area contributed by atoms with Gasteiger partial charge in [0.1, 0.15) is 48.4 Å². The summed E-state index contributed by atoms with van der Waals surface area (Å²) in [6, 6.07) is 3.90. The highest BCUT2D eigenvalue weighted by atomic mass is 16.6. The number of aliphatic hydroxyl groups excluding tert-OH is 1. The van der Waals surface area contributed by atoms with Crippen LogP contribution in [0.5, 0.6) is 0 Å². The minimum atomic E-state index is -2.16. The lowest BCUT2D eigenvalue weighted by molar-refractivity contribution is -0.163. The number of nitrogens with zero attached hydrogens (tertiary/aromatic N) is 4. The molecule has 2 amide bonds. The van der Waals surface area contributed by atoms with E-state index in [0.717, 1.165) is 32.1 Å². The summed E-state index contributed by atoms with van der Waals surface area (Å²) < 4.78 is 24.3. The average molecular weight is 685 g/mol. The molecular formula is C34H48N6O9. The van der Waals surface area contributed by atoms with Crippen LogP contribution in [0.2, 0.25) is 0 Å². The third-order valence-corrected chi connectivity index (χ3v) is 8.60. The van der Waals surface area contributed by atoms with Crippen molar-refractivity contribution in [3.8, 4) is 6.07 Å². The monoisotopic (exact) mass is 684 g/mol. The predicted molar refractivity (Wildman–Crippen MR) is 175 cm³/mol. The van der Waals surface area contributed by atoms with Crippen molar-refractivity contribution in [2.75, 3.05) is 11.9 Å². The fourth-order valence-electron chi connectivity index (χ4n) is 6.17. The molecule has 2 aliphatic rings. The van der Waals surface area contributed by atoms with E-state index in [9.17, 15) is 29.5 Å². The molecule has 0 bridgehead atoms. The van der Waals surface area contributed by atoms with Gasteiger partial charge < -0.3 is 34.7 Å². The highest BCUT2D eigenvalue weighted by Crippen LogP contribution is 2.42. The van der Waals surface area contributed by atoms with Gasteiger partial charge in [-0.15, -0.1) is 0 Å². The van der Waals surface area contributed by atoms with Crippen molar-refractivity contribution >= 4 is 35.3 Å². The van der Waals surface area contributed by atoms with Crippen LogP contribution in [0.4, 0.5) is 10.6 Å². The summed E-state index contributed by atoms with van der Waals surface area (Å²) in [5, 5.41) is 31.9. The minimum Gasteiger partial charge on any atom is -0.463 e. The van der Waals surface area contributed by atoms with Crippen LogP contribution in [0, 0.1) is 23.2 Å². The van der Waals surface area contributed by atoms with Crippen LogP contribution < -0.4 is 10.6 Å². The summed E-state index contributed by atoms with van der Waals surface area (Å²) >= 11 is 0. The van der Waals surface area contributed by atoms with Gasteiger partial charge in [-0.3, -0.25) is 9.59 Å². The zero-order valence-electron chi connectivity index (χ0n) is 29.1. The Balaban J connectivity index is 1.64. The molecule has 1 saturated heterocycles. The number of amides is 2. The van der Waals surface area contributed by atoms with Crippen molar-refractivity contribution < 1.29 is 43.2 Å². The maximum absolute atomic E-state index is 13.6. The molecule has 1 aliphatic heterocycles. The largest absolute Gasteiger partial charge is 0.463 e. The van der Waals surface area contributed by atoms with Crippen molar-refractivity contribution in [2.45, 2.75) is 128 Å². The number of aliphatic hydroxyl groups is 1. The maximum Gasteiger partial charge on any atom is 0.408 e. The molecule has 268 valence electrons. The van der Waals surface area contributed by atoms with Gasteiger partial charge in [0.2, 0.25) is 11.5 Å². The topological polar surface area (TPSA) is 203 Å². The molecule has 4 rings (SSSR count). The summed E-state index contributed by atoms with van der Waals surface area (Å²) in [6.07, 6.45) is 1.94. The molecule has 49 heavy (non-hydrogen) atoms. The van der Waals surface area contributed by atoms with Crippen LogP contribution >= 0.6 is 0 Å². The number of esters is 2. The van der Waals surface area contributed by atoms with Gasteiger partial charge in [0.25, 0.3) is 0 Å². The Morgan fingerprint density at radius 1 is 1.18 bits per heavy atom. The van der Waals surface area contributed by atoms with E-state index in [2.05, 4.69) is 20.7 Å². The van der Waals surface area contributed by atoms with Crippen LogP contribution in [-0.2, 0) is 38.9 Å². The highest BCUT2D eigenvalue weighted by Gasteiger charge is 2.60. The fourth-order valence-corrected chi connectivity index (χ4v) is 6.17. The zero-order valence-corrected chi connectivity index (χ0v) is 29.1. The molecule has 0 unspecified atom stereocenters. The van der Waals surface area contributed by atoms with Crippen molar-refractivity contribution in [2.24, 2.45) is 11.8 Å². The number of anilines is 1. The number of nitriles is 1. The second-order valence-corrected chi connectivity index (χ2v) is 14.0. The average Bonchev–Trinajstić information content (AvgIpc) is 3.58. The van der Waals surface area contributed by atoms with Gasteiger partial charge in [-0.1, -0.05) is 40.0 Å². The van der Waals surface area contributed by atoms with Gasteiger partial charge in [0.05, 0.1) is 5.69 Å². The lowest BCUT2D eigenvalue weighted by Crippen LogP contribution is -2.50. The van der Waals surface area contributed by atoms with Gasteiger partial charge in [-0.05, 0) is 64.0 Å². The molecule has 2 aromatic heterocycles. The van der Waals surface area contributed by atoms with E-state index >= 15 is 0 Å². The van der Waals surface area contributed by atoms with Crippen LogP contribution in [0.1, 0.15) is 98.6 Å². The van der Waals surface area contributed by atoms with Gasteiger partial charge >= 0.3 is 18.0 Å². The third kappa shape index (κ3) is 9.04. The Kier molecular flexibility index (Phi) is 12.2. The van der Waals surface area contributed by atoms with E-state index in [-0.39, 0.29) is 36.2 Å². The third-order valence-electron chi connectivity index (χ3n) is 8.60. The molecule has 1 saturated carbocycles. The van der Waals surface area contributed by atoms with Gasteiger partial charge in [-0.2, -0.15) is 10.4 Å². The summed E-state index contributed by atoms with van der Waals surface area (Å²) in [5.41, 5.74) is -2.60. The first-order valence-electron chi connectivity index (χ1n) is 16.9. The number of carbonyl (C=O) groups is 4. The lowest BCUT2D eigenvalue weighted by atomic mass is 9.87. The number of hydrogen-bond donors (Lipinski definition) is 3. The van der Waals surface area contributed by atoms with Crippen molar-refractivity contribution in [3.05, 3.63) is 24.2 Å². The second kappa shape index (κ2) is 15.9. The number of nitrogens with one attached hydrogen (secondary N) is 2. The first-order chi connectivity index (χ1) is 23.2. The standard InChI is InChI=1S/C34H48N6O9/c1-7-11-25(41)38-30-22-14-15-24(40(22)37-19-36-30)34(18-35)29(43)28(23(48-34)17-46-26(42)16-21-12-9-8-10-13-21)47-31(44)27(20(2)3)39-32(45)49-33(4,5)6/h14-15,19-21,23,27-29,43H,7-13,16-17H2,1-6H3,(H,39,45)(H,36,37,38,41)/t23-,27+,28-,29-,34+/m1/s1. The minimum absolute atomic E-state index is 0.0651. The van der Waals surface area contributed by atoms with E-state index in [1.165, 1.54) is 16.9 Å². The van der Waals surface area contributed by atoms with E-state index in [1.807, 2.05) is 13.0 Å². The van der Waals surface area contributed by atoms with E-state index in [1.54, 1.807) is 40.7 Å². The van der Waals surface area contributed by atoms with Gasteiger partial charge in [0, 0.05) is 12.8 Å². The Morgan fingerprint density at radius 2 is 1.90 bits per heavy atom. The smallest absolute Gasteiger partial charge is 0.408 e. The number of carbonyl (C=O) groups excluding carboxylic acids is 4. The second-order valence-electron chi connectivity index (χ2n) is 14.0. The van der Waals surface area contributed by atoms with E-state index in [4.69, 9.17) is 18.9 Å². The van der Waals surface area contributed by atoms with Crippen LogP contribution in [0.3, 0.4) is 0 Å². The Labute approximate surface area is 286 Å². The molecular weight excluding hydrogens is 636 g/mol. The predicted octanol–water partition coefficient (Wildman–Crippen LogP) is 3.92. The normalized spacial score (nSPS) is 23.4. The fraction of sp³-hybridized carbons (Fsp3) is 0.676. The Bertz CT molecular complexity index is 1540. The zero-order chi connectivity index (χ0) is 35.9. The van der Waals surface area contributed by atoms with E-state index in [0.29, 0.717) is 11.9 Å². The Hall–Kier alpha value is -4.29. The molecule has 5 atom stereocenters. The first kappa shape index (κ1) is 37.5. The van der Waals surface area contributed by atoms with E-state index < -0.39 is 66.1 Å². The molecule has 2 aromatic rings. The molecule has 0 spiro atoms. The molecule has 15 nitrogen and oxygen atoms in total. The Morgan fingerprint density at radius 3 is 2.53 bits per heavy atom. The molecule has 0 aromatic carbocycles. The van der Waals surface area contributed by atoms with Crippen LogP contribution in [-0.4, -0.2) is 80.2 Å². The molecule has 15 heteroatoms. The maximum atomic E-state index is 13.6. The van der Waals surface area contributed by atoms with Crippen molar-refractivity contribution in [3.63, 3.8) is 0 Å². The molecule has 0 radical (unpaired) electrons. The first-order valence-corrected chi connectivity index (χ1v) is 16.9. The number of hydrogen-bond acceptors (Lipinski definition) is 12. The molecule has 3 heterocycles. The SMILES string of the molecule is CCCC(=O)Nc1ncnn2c([C@]3(C#N)O[C@H](COC(=O)CC4CCCCC4)[C@@H](OC(=O)[C@@H](NC(=O)OC(C)(C)C)C(C)C)[C@H]3O)ccc12. The highest BCUT2D eigenvalue weighted by molar-refractivity contribution is 5.93. The number of alkyl carbamates (subject to hydrolysis) is 1. The number of fused-ring (bicyclic) bond motifs is 1. The number of ether oxygens (including phenoxy) is 4. The number of rotatable bonds is 12. The van der Waals surface area contributed by atoms with Crippen molar-refractivity contribution in [1.82, 2.24) is 19.9 Å². The van der Waals surface area contributed by atoms with Crippen LogP contribution in [0.15, 0.2) is 18.5 Å². The summed E-state index contributed by atoms with van der Waals surface area (Å²) in [7, 11) is 0. The molecule has 3 N–H and O–H groups in total. The van der Waals surface area contributed by atoms with Gasteiger partial charge in [0.15, 0.2) is 11.9 Å². The lowest BCUT2D eigenvalue weighted by Gasteiger charge is -2.28. The van der Waals surface area contributed by atoms with Crippen LogP contribution in [0.25, 0.3) is 5.52 Å². The molecule has 1 aliphatic carbocycles. The van der Waals surface area contributed by atoms with Gasteiger partial charge in [-0.25, -0.2) is 19.1 Å². The summed E-state index contributed by atoms with van der Waals surface area (Å²) in [5.74, 6) is -1.72. The van der Waals surface area contributed by atoms with Crippen molar-refractivity contribution in [1.29, 1.82) is 5.26 Å². The molecule has 2 fully saturated rings. The number of aromatic nitrogens is 3. The quantitative estimate of drug-likeness (QED) is 0.215.